The number of anilines is 2. The maximum atomic E-state index is 13.1. The number of carbonyl (C=O) groups excluding carboxylic acids is 2. The number of nitrogens with one attached hydrogen (secondary N) is 2. The predicted molar refractivity (Wildman–Crippen MR) is 107 cm³/mol. The number of rotatable bonds is 6. The molecule has 1 unspecified atom stereocenters. The van der Waals surface area contributed by atoms with Crippen LogP contribution in [-0.2, 0) is 15.8 Å². The van der Waals surface area contributed by atoms with E-state index in [0.717, 1.165) is 12.1 Å². The van der Waals surface area contributed by atoms with Gasteiger partial charge in [0.15, 0.2) is 0 Å². The minimum absolute atomic E-state index is 0.0347. The third-order valence-corrected chi connectivity index (χ3v) is 4.37. The average molecular weight is 428 g/mol. The molecule has 0 saturated heterocycles. The summed E-state index contributed by atoms with van der Waals surface area (Å²) in [4.78, 5) is 25.7. The minimum Gasteiger partial charge on any atom is -0.376 e. The molecule has 29 heavy (non-hydrogen) atoms. The van der Waals surface area contributed by atoms with Crippen molar-refractivity contribution >= 4 is 34.8 Å². The van der Waals surface area contributed by atoms with Crippen LogP contribution in [0.2, 0.25) is 5.02 Å². The fraction of sp³-hybridized carbons (Fsp3) is 0.300. The lowest BCUT2D eigenvalue weighted by Crippen LogP contribution is -2.30. The molecule has 2 aromatic carbocycles. The van der Waals surface area contributed by atoms with Crippen molar-refractivity contribution in [2.75, 3.05) is 24.3 Å². The van der Waals surface area contributed by atoms with Crippen LogP contribution in [0.3, 0.4) is 0 Å². The fourth-order valence-electron chi connectivity index (χ4n) is 2.78. The van der Waals surface area contributed by atoms with Gasteiger partial charge in [-0.2, -0.15) is 13.2 Å². The quantitative estimate of drug-likeness (QED) is 0.706. The molecule has 0 aliphatic carbocycles. The summed E-state index contributed by atoms with van der Waals surface area (Å²) in [6, 6.07) is 9.09. The SMILES string of the molecule is CC(=O)NC(CC(=O)Nc1cc(C(F)(F)F)ccc1N(C)C)c1ccc(Cl)cc1. The summed E-state index contributed by atoms with van der Waals surface area (Å²) in [6.07, 6.45) is -4.70. The Labute approximate surface area is 171 Å². The maximum absolute atomic E-state index is 13.1. The third-order valence-electron chi connectivity index (χ3n) is 4.12. The van der Waals surface area contributed by atoms with Gasteiger partial charge in [0, 0.05) is 26.0 Å². The molecule has 2 amide bonds. The normalized spacial score (nSPS) is 12.2. The van der Waals surface area contributed by atoms with E-state index in [1.165, 1.54) is 13.0 Å². The second-order valence-corrected chi connectivity index (χ2v) is 7.12. The van der Waals surface area contributed by atoms with Gasteiger partial charge in [0.2, 0.25) is 11.8 Å². The van der Waals surface area contributed by atoms with Crippen LogP contribution in [-0.4, -0.2) is 25.9 Å². The van der Waals surface area contributed by atoms with Crippen LogP contribution in [0.25, 0.3) is 0 Å². The standard InChI is InChI=1S/C20H21ClF3N3O2/c1-12(28)25-16(13-4-7-15(21)8-5-13)11-19(29)26-17-10-14(20(22,23)24)6-9-18(17)27(2)3/h4-10,16H,11H2,1-3H3,(H,25,28)(H,26,29). The summed E-state index contributed by atoms with van der Waals surface area (Å²) >= 11 is 5.87. The number of nitrogens with zero attached hydrogens (tertiary/aromatic N) is 1. The summed E-state index contributed by atoms with van der Waals surface area (Å²) in [5.74, 6) is -0.882. The van der Waals surface area contributed by atoms with Gasteiger partial charge in [-0.3, -0.25) is 9.59 Å². The van der Waals surface area contributed by atoms with Crippen molar-refractivity contribution in [2.24, 2.45) is 0 Å². The molecule has 0 fully saturated rings. The molecule has 0 aliphatic heterocycles. The van der Waals surface area contributed by atoms with Crippen LogP contribution in [0.4, 0.5) is 24.5 Å². The highest BCUT2D eigenvalue weighted by Crippen LogP contribution is 2.35. The van der Waals surface area contributed by atoms with Crippen LogP contribution in [0.1, 0.15) is 30.5 Å². The first kappa shape index (κ1) is 22.5. The highest BCUT2D eigenvalue weighted by molar-refractivity contribution is 6.30. The van der Waals surface area contributed by atoms with E-state index in [-0.39, 0.29) is 18.0 Å². The Kier molecular flexibility index (Phi) is 7.13. The van der Waals surface area contributed by atoms with Crippen LogP contribution >= 0.6 is 11.6 Å². The Balaban J connectivity index is 2.27. The van der Waals surface area contributed by atoms with Gasteiger partial charge in [0.1, 0.15) is 0 Å². The monoisotopic (exact) mass is 427 g/mol. The van der Waals surface area contributed by atoms with Gasteiger partial charge >= 0.3 is 6.18 Å². The minimum atomic E-state index is -4.54. The second-order valence-electron chi connectivity index (χ2n) is 6.68. The van der Waals surface area contributed by atoms with Gasteiger partial charge in [0.05, 0.1) is 29.4 Å². The molecular formula is C20H21ClF3N3O2. The molecule has 0 bridgehead atoms. The van der Waals surface area contributed by atoms with Crippen LogP contribution < -0.4 is 15.5 Å². The summed E-state index contributed by atoms with van der Waals surface area (Å²) in [6.45, 7) is 1.32. The number of hydrogen-bond acceptors (Lipinski definition) is 3. The van der Waals surface area contributed by atoms with Crippen molar-refractivity contribution in [1.82, 2.24) is 5.32 Å². The number of hydrogen-bond donors (Lipinski definition) is 2. The fourth-order valence-corrected chi connectivity index (χ4v) is 2.91. The zero-order valence-corrected chi connectivity index (χ0v) is 16.9. The molecule has 0 saturated carbocycles. The Morgan fingerprint density at radius 1 is 1.10 bits per heavy atom. The van der Waals surface area contributed by atoms with E-state index in [9.17, 15) is 22.8 Å². The topological polar surface area (TPSA) is 61.4 Å². The lowest BCUT2D eigenvalue weighted by molar-refractivity contribution is -0.137. The van der Waals surface area contributed by atoms with E-state index in [2.05, 4.69) is 10.6 Å². The lowest BCUT2D eigenvalue weighted by atomic mass is 10.0. The number of halogens is 4. The molecule has 0 aromatic heterocycles. The highest BCUT2D eigenvalue weighted by atomic mass is 35.5. The van der Waals surface area contributed by atoms with E-state index >= 15 is 0 Å². The van der Waals surface area contributed by atoms with E-state index < -0.39 is 23.7 Å². The van der Waals surface area contributed by atoms with Gasteiger partial charge in [-0.25, -0.2) is 0 Å². The third kappa shape index (κ3) is 6.39. The summed E-state index contributed by atoms with van der Waals surface area (Å²) < 4.78 is 39.2. The first-order valence-corrected chi connectivity index (χ1v) is 9.06. The number of benzene rings is 2. The lowest BCUT2D eigenvalue weighted by Gasteiger charge is -2.22. The zero-order valence-electron chi connectivity index (χ0n) is 16.1. The molecule has 156 valence electrons. The van der Waals surface area contributed by atoms with Crippen LogP contribution in [0.5, 0.6) is 0 Å². The van der Waals surface area contributed by atoms with Gasteiger partial charge in [0.25, 0.3) is 0 Å². The molecule has 9 heteroatoms. The largest absolute Gasteiger partial charge is 0.416 e. The Hall–Kier alpha value is -2.74. The van der Waals surface area contributed by atoms with Crippen molar-refractivity contribution in [2.45, 2.75) is 25.6 Å². The first-order valence-electron chi connectivity index (χ1n) is 8.68. The average Bonchev–Trinajstić information content (AvgIpc) is 2.60. The number of amides is 2. The van der Waals surface area contributed by atoms with E-state index in [1.54, 1.807) is 43.3 Å². The predicted octanol–water partition coefficient (Wildman–Crippen LogP) is 4.63. The Morgan fingerprint density at radius 3 is 2.24 bits per heavy atom. The van der Waals surface area contributed by atoms with Crippen LogP contribution in [0, 0.1) is 0 Å². The number of carbonyl (C=O) groups is 2. The summed E-state index contributed by atoms with van der Waals surface area (Å²) in [5, 5.41) is 5.70. The van der Waals surface area contributed by atoms with Crippen molar-refractivity contribution in [3.8, 4) is 0 Å². The van der Waals surface area contributed by atoms with Crippen molar-refractivity contribution in [3.63, 3.8) is 0 Å². The smallest absolute Gasteiger partial charge is 0.376 e. The molecule has 0 aliphatic rings. The summed E-state index contributed by atoms with van der Waals surface area (Å²) in [7, 11) is 3.32. The molecule has 0 spiro atoms. The molecule has 1 atom stereocenters. The first-order chi connectivity index (χ1) is 13.5. The van der Waals surface area contributed by atoms with Gasteiger partial charge in [-0.05, 0) is 35.9 Å². The molecule has 5 nitrogen and oxygen atoms in total. The molecule has 2 N–H and O–H groups in total. The van der Waals surface area contributed by atoms with Crippen LogP contribution in [0.15, 0.2) is 42.5 Å². The van der Waals surface area contributed by atoms with E-state index in [1.807, 2.05) is 0 Å². The van der Waals surface area contributed by atoms with E-state index in [4.69, 9.17) is 11.6 Å². The van der Waals surface area contributed by atoms with Gasteiger partial charge in [-0.1, -0.05) is 23.7 Å². The van der Waals surface area contributed by atoms with Crippen molar-refractivity contribution < 1.29 is 22.8 Å². The molecule has 2 rings (SSSR count). The van der Waals surface area contributed by atoms with Crippen molar-refractivity contribution in [3.05, 3.63) is 58.6 Å². The van der Waals surface area contributed by atoms with E-state index in [0.29, 0.717) is 16.3 Å². The molecule has 0 radical (unpaired) electrons. The highest BCUT2D eigenvalue weighted by Gasteiger charge is 2.31. The Morgan fingerprint density at radius 2 is 1.72 bits per heavy atom. The Bertz CT molecular complexity index is 884. The maximum Gasteiger partial charge on any atom is 0.416 e. The van der Waals surface area contributed by atoms with Gasteiger partial charge in [-0.15, -0.1) is 0 Å². The molecule has 0 heterocycles. The summed E-state index contributed by atoms with van der Waals surface area (Å²) in [5.41, 5.74) is 0.243. The van der Waals surface area contributed by atoms with Gasteiger partial charge < -0.3 is 15.5 Å². The van der Waals surface area contributed by atoms with Crippen molar-refractivity contribution in [1.29, 1.82) is 0 Å². The number of alkyl halides is 3. The molecular weight excluding hydrogens is 407 g/mol. The zero-order chi connectivity index (χ0) is 21.8. The molecule has 2 aromatic rings. The second kappa shape index (κ2) is 9.17.